The molecule has 0 saturated carbocycles. The molecule has 0 fully saturated rings. The van der Waals surface area contributed by atoms with Gasteiger partial charge < -0.3 is 14.2 Å². The summed E-state index contributed by atoms with van der Waals surface area (Å²) in [5.74, 6) is 0.450. The third-order valence-electron chi connectivity index (χ3n) is 5.50. The number of imide groups is 1. The molecule has 0 spiro atoms. The molecular weight excluding hydrogens is 524 g/mol. The van der Waals surface area contributed by atoms with Gasteiger partial charge in [-0.15, -0.1) is 4.90 Å². The van der Waals surface area contributed by atoms with Gasteiger partial charge in [-0.1, -0.05) is 24.9 Å². The van der Waals surface area contributed by atoms with E-state index in [9.17, 15) is 9.59 Å². The Morgan fingerprint density at radius 1 is 1.00 bits per heavy atom. The van der Waals surface area contributed by atoms with Crippen molar-refractivity contribution in [3.63, 3.8) is 0 Å². The van der Waals surface area contributed by atoms with Crippen LogP contribution in [-0.2, 0) is 22.4 Å². The number of carbonyl (C=O) groups is 2. The smallest absolute Gasteiger partial charge is 0.427 e. The second-order valence-corrected chi connectivity index (χ2v) is 11.6. The van der Waals surface area contributed by atoms with Gasteiger partial charge in [0.05, 0.1) is 30.4 Å². The number of halogens is 1. The lowest BCUT2D eigenvalue weighted by molar-refractivity contribution is 0.0427. The molecule has 212 valence electrons. The first-order chi connectivity index (χ1) is 18.1. The summed E-state index contributed by atoms with van der Waals surface area (Å²) in [5.41, 5.74) is 1.74. The van der Waals surface area contributed by atoms with E-state index in [0.717, 1.165) is 29.0 Å². The van der Waals surface area contributed by atoms with Crippen LogP contribution >= 0.6 is 11.6 Å². The molecular formula is C27H37ClN6O5. The molecule has 0 aliphatic carbocycles. The van der Waals surface area contributed by atoms with Crippen LogP contribution in [-0.4, -0.2) is 55.2 Å². The molecule has 3 aromatic heterocycles. The fourth-order valence-corrected chi connectivity index (χ4v) is 4.21. The normalized spacial score (nSPS) is 12.0. The number of amides is 2. The van der Waals surface area contributed by atoms with Gasteiger partial charge in [-0.2, -0.15) is 15.1 Å². The molecule has 3 aromatic rings. The van der Waals surface area contributed by atoms with Gasteiger partial charge in [0.2, 0.25) is 5.95 Å². The van der Waals surface area contributed by atoms with E-state index in [1.54, 1.807) is 59.5 Å². The minimum Gasteiger partial charge on any atom is -0.496 e. The van der Waals surface area contributed by atoms with Crippen LogP contribution in [0.25, 0.3) is 11.0 Å². The Kier molecular flexibility index (Phi) is 8.74. The van der Waals surface area contributed by atoms with E-state index < -0.39 is 23.4 Å². The minimum absolute atomic E-state index is 0.0491. The molecule has 0 saturated heterocycles. The second kappa shape index (κ2) is 11.3. The molecule has 0 aliphatic heterocycles. The fraction of sp³-hybridized carbons (Fsp3) is 0.556. The van der Waals surface area contributed by atoms with Crippen molar-refractivity contribution in [2.45, 2.75) is 92.9 Å². The van der Waals surface area contributed by atoms with Crippen LogP contribution in [0.5, 0.6) is 5.75 Å². The Bertz CT molecular complexity index is 1360. The van der Waals surface area contributed by atoms with Crippen LogP contribution in [0, 0.1) is 13.8 Å². The Hall–Kier alpha value is -3.47. The Morgan fingerprint density at radius 3 is 2.10 bits per heavy atom. The van der Waals surface area contributed by atoms with Gasteiger partial charge in [0.1, 0.15) is 22.1 Å². The minimum atomic E-state index is -0.993. The van der Waals surface area contributed by atoms with Crippen LogP contribution in [0.3, 0.4) is 0 Å². The van der Waals surface area contributed by atoms with Crippen molar-refractivity contribution >= 4 is 40.8 Å². The molecule has 3 heterocycles. The van der Waals surface area contributed by atoms with E-state index in [1.165, 1.54) is 0 Å². The predicted molar refractivity (Wildman–Crippen MR) is 149 cm³/mol. The zero-order valence-corrected chi connectivity index (χ0v) is 25.1. The maximum atomic E-state index is 13.2. The SMILES string of the molecule is CCCc1nn(Cc2ncc(C)c(OC)c2C)c2nc(N(C(=O)OC(C)(C)C)C(=O)OC(C)(C)C)nc(Cl)c12. The number of hydrogen-bond donors (Lipinski definition) is 0. The highest BCUT2D eigenvalue weighted by atomic mass is 35.5. The average molecular weight is 561 g/mol. The van der Waals surface area contributed by atoms with E-state index >= 15 is 0 Å². The lowest BCUT2D eigenvalue weighted by Crippen LogP contribution is -2.44. The number of anilines is 1. The topological polar surface area (TPSA) is 122 Å². The van der Waals surface area contributed by atoms with Crippen molar-refractivity contribution in [2.24, 2.45) is 0 Å². The summed E-state index contributed by atoms with van der Waals surface area (Å²) in [6.07, 6.45) is 1.18. The van der Waals surface area contributed by atoms with Crippen molar-refractivity contribution in [2.75, 3.05) is 12.0 Å². The maximum absolute atomic E-state index is 13.2. The zero-order valence-electron chi connectivity index (χ0n) is 24.3. The molecule has 0 bridgehead atoms. The first-order valence-corrected chi connectivity index (χ1v) is 13.1. The first-order valence-electron chi connectivity index (χ1n) is 12.7. The number of methoxy groups -OCH3 is 1. The van der Waals surface area contributed by atoms with Gasteiger partial charge in [0.25, 0.3) is 0 Å². The van der Waals surface area contributed by atoms with E-state index in [0.29, 0.717) is 28.0 Å². The number of rotatable bonds is 6. The first kappa shape index (κ1) is 30.1. The van der Waals surface area contributed by atoms with Crippen molar-refractivity contribution < 1.29 is 23.8 Å². The van der Waals surface area contributed by atoms with Crippen molar-refractivity contribution in [1.82, 2.24) is 24.7 Å². The number of aromatic nitrogens is 5. The maximum Gasteiger partial charge on any atom is 0.427 e. The summed E-state index contributed by atoms with van der Waals surface area (Å²) < 4.78 is 18.2. The van der Waals surface area contributed by atoms with Crippen LogP contribution < -0.4 is 9.64 Å². The van der Waals surface area contributed by atoms with Gasteiger partial charge in [-0.3, -0.25) is 4.98 Å². The number of carbonyl (C=O) groups excluding carboxylic acids is 2. The van der Waals surface area contributed by atoms with Crippen LogP contribution in [0.2, 0.25) is 5.15 Å². The average Bonchev–Trinajstić information content (AvgIpc) is 3.11. The van der Waals surface area contributed by atoms with Gasteiger partial charge in [-0.05, 0) is 61.8 Å². The third-order valence-corrected chi connectivity index (χ3v) is 5.77. The summed E-state index contributed by atoms with van der Waals surface area (Å²) in [6.45, 7) is 16.2. The van der Waals surface area contributed by atoms with Gasteiger partial charge in [-0.25, -0.2) is 14.3 Å². The molecule has 12 heteroatoms. The quantitative estimate of drug-likeness (QED) is 0.325. The Balaban J connectivity index is 2.22. The summed E-state index contributed by atoms with van der Waals surface area (Å²) in [5, 5.41) is 5.34. The number of hydrogen-bond acceptors (Lipinski definition) is 9. The number of ether oxygens (including phenoxy) is 3. The number of pyridine rings is 1. The monoisotopic (exact) mass is 560 g/mol. The second-order valence-electron chi connectivity index (χ2n) is 11.2. The predicted octanol–water partition coefficient (Wildman–Crippen LogP) is 6.18. The van der Waals surface area contributed by atoms with Crippen LogP contribution in [0.4, 0.5) is 15.5 Å². The van der Waals surface area contributed by atoms with E-state index in [2.05, 4.69) is 15.0 Å². The molecule has 0 atom stereocenters. The molecule has 2 amide bonds. The molecule has 3 rings (SSSR count). The summed E-state index contributed by atoms with van der Waals surface area (Å²) in [4.78, 5) is 40.5. The van der Waals surface area contributed by atoms with Crippen molar-refractivity contribution in [1.29, 1.82) is 0 Å². The standard InChI is InChI=1S/C27H37ClN6O5/c1-11-12-17-19-21(28)30-23(34(24(35)38-26(4,5)6)25(36)39-27(7,8)9)31-22(19)33(32-17)14-18-16(3)20(37-10)15(2)13-29-18/h13H,11-12,14H2,1-10H3. The Morgan fingerprint density at radius 2 is 1.59 bits per heavy atom. The highest BCUT2D eigenvalue weighted by Gasteiger charge is 2.36. The lowest BCUT2D eigenvalue weighted by Gasteiger charge is -2.27. The molecule has 0 unspecified atom stereocenters. The lowest BCUT2D eigenvalue weighted by atomic mass is 10.1. The summed E-state index contributed by atoms with van der Waals surface area (Å²) in [6, 6.07) is 0. The molecule has 39 heavy (non-hydrogen) atoms. The highest BCUT2D eigenvalue weighted by Crippen LogP contribution is 2.31. The third kappa shape index (κ3) is 6.95. The molecule has 0 aliphatic rings. The number of fused-ring (bicyclic) bond motifs is 1. The zero-order chi connectivity index (χ0) is 29.3. The molecule has 0 aromatic carbocycles. The van der Waals surface area contributed by atoms with Crippen LogP contribution in [0.1, 0.15) is 77.4 Å². The molecule has 0 radical (unpaired) electrons. The van der Waals surface area contributed by atoms with Gasteiger partial charge in [0, 0.05) is 17.3 Å². The van der Waals surface area contributed by atoms with Crippen molar-refractivity contribution in [3.8, 4) is 5.75 Å². The fourth-order valence-electron chi connectivity index (χ4n) is 3.94. The van der Waals surface area contributed by atoms with Gasteiger partial charge in [0.15, 0.2) is 5.65 Å². The van der Waals surface area contributed by atoms with Crippen LogP contribution in [0.15, 0.2) is 6.20 Å². The molecule has 11 nitrogen and oxygen atoms in total. The number of aryl methyl sites for hydroxylation is 2. The Labute approximate surface area is 233 Å². The van der Waals surface area contributed by atoms with E-state index in [-0.39, 0.29) is 17.6 Å². The largest absolute Gasteiger partial charge is 0.496 e. The number of nitrogens with zero attached hydrogens (tertiary/aromatic N) is 6. The summed E-state index contributed by atoms with van der Waals surface area (Å²) in [7, 11) is 1.61. The van der Waals surface area contributed by atoms with E-state index in [4.69, 9.17) is 30.9 Å². The van der Waals surface area contributed by atoms with Crippen molar-refractivity contribution in [3.05, 3.63) is 33.9 Å². The summed E-state index contributed by atoms with van der Waals surface area (Å²) >= 11 is 6.67. The molecule has 0 N–H and O–H groups in total. The highest BCUT2D eigenvalue weighted by molar-refractivity contribution is 6.34. The van der Waals surface area contributed by atoms with E-state index in [1.807, 2.05) is 20.8 Å². The van der Waals surface area contributed by atoms with Gasteiger partial charge >= 0.3 is 12.2 Å².